The summed E-state index contributed by atoms with van der Waals surface area (Å²) in [5.74, 6) is 2.63. The van der Waals surface area contributed by atoms with Gasteiger partial charge >= 0.3 is 0 Å². The quantitative estimate of drug-likeness (QED) is 0.517. The van der Waals surface area contributed by atoms with Crippen molar-refractivity contribution in [1.82, 2.24) is 4.98 Å². The number of nitrogens with zero attached hydrogens (tertiary/aromatic N) is 1. The summed E-state index contributed by atoms with van der Waals surface area (Å²) >= 11 is 0. The molecule has 1 nitrogen and oxygen atoms in total. The van der Waals surface area contributed by atoms with Crippen molar-refractivity contribution in [2.75, 3.05) is 0 Å². The van der Waals surface area contributed by atoms with E-state index < -0.39 is 0 Å². The number of allylic oxidation sites excluding steroid dienone is 4. The predicted octanol–water partition coefficient (Wildman–Crippen LogP) is 6.99. The van der Waals surface area contributed by atoms with Gasteiger partial charge in [0.15, 0.2) is 0 Å². The molecule has 0 aromatic carbocycles. The second-order valence-electron chi connectivity index (χ2n) is 10.2. The zero-order valence-corrected chi connectivity index (χ0v) is 17.4. The summed E-state index contributed by atoms with van der Waals surface area (Å²) in [5.41, 5.74) is 7.06. The van der Waals surface area contributed by atoms with Crippen LogP contribution >= 0.6 is 0 Å². The molecule has 1 aromatic rings. The predicted molar refractivity (Wildman–Crippen MR) is 113 cm³/mol. The van der Waals surface area contributed by atoms with Gasteiger partial charge < -0.3 is 0 Å². The standard InChI is InChI=1S/C26H35N/c1-4-18-15-19(17-27-16-18)22-10-11-23-21-9-8-20-7-5-6-13-25(20,2)24(21)12-14-26(22,23)3/h8,10,15-17,21,23-24H,4-7,9,11-14H2,1-3H3. The zero-order chi connectivity index (χ0) is 18.6. The molecule has 4 aliphatic carbocycles. The highest BCUT2D eigenvalue weighted by molar-refractivity contribution is 5.72. The number of pyridine rings is 1. The number of rotatable bonds is 2. The van der Waals surface area contributed by atoms with E-state index in [0.29, 0.717) is 10.8 Å². The van der Waals surface area contributed by atoms with E-state index in [1.54, 1.807) is 5.57 Å². The van der Waals surface area contributed by atoms with Crippen LogP contribution in [0.5, 0.6) is 0 Å². The molecule has 1 heterocycles. The van der Waals surface area contributed by atoms with Crippen LogP contribution in [-0.4, -0.2) is 4.98 Å². The smallest absolute Gasteiger partial charge is 0.0343 e. The van der Waals surface area contributed by atoms with Gasteiger partial charge in [-0.1, -0.05) is 44.9 Å². The fraction of sp³-hybridized carbons (Fsp3) is 0.654. The molecule has 27 heavy (non-hydrogen) atoms. The van der Waals surface area contributed by atoms with Crippen LogP contribution < -0.4 is 0 Å². The second kappa shape index (κ2) is 6.33. The Morgan fingerprint density at radius 1 is 1.00 bits per heavy atom. The summed E-state index contributed by atoms with van der Waals surface area (Å²) < 4.78 is 0. The van der Waals surface area contributed by atoms with Crippen molar-refractivity contribution in [1.29, 1.82) is 0 Å². The van der Waals surface area contributed by atoms with Crippen molar-refractivity contribution in [2.24, 2.45) is 28.6 Å². The summed E-state index contributed by atoms with van der Waals surface area (Å²) in [7, 11) is 0. The number of fused-ring (bicyclic) bond motifs is 5. The van der Waals surface area contributed by atoms with Gasteiger partial charge in [0.1, 0.15) is 0 Å². The lowest BCUT2D eigenvalue weighted by molar-refractivity contribution is -0.00980. The lowest BCUT2D eigenvalue weighted by Gasteiger charge is -2.57. The molecule has 144 valence electrons. The molecule has 0 saturated heterocycles. The summed E-state index contributed by atoms with van der Waals surface area (Å²) in [6, 6.07) is 2.40. The Morgan fingerprint density at radius 2 is 1.89 bits per heavy atom. The Bertz CT molecular complexity index is 802. The fourth-order valence-electron chi connectivity index (χ4n) is 7.54. The summed E-state index contributed by atoms with van der Waals surface area (Å²) in [4.78, 5) is 4.56. The van der Waals surface area contributed by atoms with Crippen LogP contribution in [0.1, 0.15) is 83.3 Å². The fourth-order valence-corrected chi connectivity index (χ4v) is 7.54. The minimum Gasteiger partial charge on any atom is -0.264 e. The van der Waals surface area contributed by atoms with E-state index in [1.807, 2.05) is 11.8 Å². The van der Waals surface area contributed by atoms with Crippen LogP contribution in [0.2, 0.25) is 0 Å². The van der Waals surface area contributed by atoms with Gasteiger partial charge in [-0.25, -0.2) is 0 Å². The summed E-state index contributed by atoms with van der Waals surface area (Å²) in [6.07, 6.45) is 21.6. The molecule has 4 aliphatic rings. The van der Waals surface area contributed by atoms with Crippen LogP contribution in [0.25, 0.3) is 5.57 Å². The Morgan fingerprint density at radius 3 is 2.74 bits per heavy atom. The van der Waals surface area contributed by atoms with E-state index in [9.17, 15) is 0 Å². The third-order valence-electron chi connectivity index (χ3n) is 9.11. The normalized spacial score (nSPS) is 40.5. The summed E-state index contributed by atoms with van der Waals surface area (Å²) in [5, 5.41) is 0. The van der Waals surface area contributed by atoms with Gasteiger partial charge in [0.2, 0.25) is 0 Å². The Labute approximate surface area is 165 Å². The molecule has 1 heteroatoms. The van der Waals surface area contributed by atoms with Crippen molar-refractivity contribution < 1.29 is 0 Å². The molecule has 0 aliphatic heterocycles. The lowest BCUT2D eigenvalue weighted by atomic mass is 9.47. The van der Waals surface area contributed by atoms with Crippen molar-refractivity contribution in [3.63, 3.8) is 0 Å². The molecule has 5 unspecified atom stereocenters. The van der Waals surface area contributed by atoms with E-state index in [2.05, 4.69) is 50.2 Å². The van der Waals surface area contributed by atoms with Crippen LogP contribution in [0.15, 0.2) is 36.2 Å². The third-order valence-corrected chi connectivity index (χ3v) is 9.11. The molecule has 0 spiro atoms. The van der Waals surface area contributed by atoms with E-state index >= 15 is 0 Å². The maximum atomic E-state index is 4.56. The zero-order valence-electron chi connectivity index (χ0n) is 17.4. The maximum Gasteiger partial charge on any atom is 0.0343 e. The average molecular weight is 362 g/mol. The highest BCUT2D eigenvalue weighted by Crippen LogP contribution is 2.66. The molecule has 0 bridgehead atoms. The SMILES string of the molecule is CCc1cncc(C2=CCC3C4CC=C5CCCCC5(C)C4CCC23C)c1. The van der Waals surface area contributed by atoms with Gasteiger partial charge in [-0.3, -0.25) is 4.98 Å². The molecule has 0 radical (unpaired) electrons. The number of aromatic nitrogens is 1. The monoisotopic (exact) mass is 361 g/mol. The molecular weight excluding hydrogens is 326 g/mol. The van der Waals surface area contributed by atoms with Crippen molar-refractivity contribution in [3.8, 4) is 0 Å². The van der Waals surface area contributed by atoms with E-state index in [-0.39, 0.29) is 0 Å². The van der Waals surface area contributed by atoms with Crippen molar-refractivity contribution in [2.45, 2.75) is 78.6 Å². The Balaban J connectivity index is 1.48. The molecule has 5 atom stereocenters. The van der Waals surface area contributed by atoms with Gasteiger partial charge in [-0.2, -0.15) is 0 Å². The van der Waals surface area contributed by atoms with E-state index in [4.69, 9.17) is 0 Å². The minimum absolute atomic E-state index is 0.353. The number of aryl methyl sites for hydroxylation is 1. The van der Waals surface area contributed by atoms with Crippen LogP contribution in [0.3, 0.4) is 0 Å². The van der Waals surface area contributed by atoms with Crippen LogP contribution in [0, 0.1) is 28.6 Å². The van der Waals surface area contributed by atoms with Gasteiger partial charge in [-0.05, 0) is 103 Å². The van der Waals surface area contributed by atoms with Crippen molar-refractivity contribution in [3.05, 3.63) is 47.3 Å². The minimum atomic E-state index is 0.353. The molecule has 2 fully saturated rings. The molecule has 2 saturated carbocycles. The molecule has 1 aromatic heterocycles. The number of hydrogen-bond donors (Lipinski definition) is 0. The van der Waals surface area contributed by atoms with Gasteiger partial charge in [0.25, 0.3) is 0 Å². The first kappa shape index (κ1) is 17.7. The topological polar surface area (TPSA) is 12.9 Å². The molecular formula is C26H35N. The van der Waals surface area contributed by atoms with Crippen LogP contribution in [0.4, 0.5) is 0 Å². The van der Waals surface area contributed by atoms with Gasteiger partial charge in [0, 0.05) is 12.4 Å². The van der Waals surface area contributed by atoms with E-state index in [1.165, 1.54) is 62.5 Å². The van der Waals surface area contributed by atoms with E-state index in [0.717, 1.165) is 24.2 Å². The third kappa shape index (κ3) is 2.53. The summed E-state index contributed by atoms with van der Waals surface area (Å²) in [6.45, 7) is 7.43. The first-order chi connectivity index (χ1) is 13.1. The average Bonchev–Trinajstić information content (AvgIpc) is 3.05. The lowest BCUT2D eigenvalue weighted by Crippen LogP contribution is -2.48. The molecule has 0 amide bonds. The first-order valence-corrected chi connectivity index (χ1v) is 11.4. The highest BCUT2D eigenvalue weighted by atomic mass is 14.6. The van der Waals surface area contributed by atoms with Gasteiger partial charge in [0.05, 0.1) is 0 Å². The Kier molecular flexibility index (Phi) is 4.15. The van der Waals surface area contributed by atoms with Gasteiger partial charge in [-0.15, -0.1) is 0 Å². The largest absolute Gasteiger partial charge is 0.264 e. The number of hydrogen-bond acceptors (Lipinski definition) is 1. The van der Waals surface area contributed by atoms with Crippen LogP contribution in [-0.2, 0) is 6.42 Å². The highest BCUT2D eigenvalue weighted by Gasteiger charge is 2.56. The Hall–Kier alpha value is -1.37. The molecule has 5 rings (SSSR count). The van der Waals surface area contributed by atoms with Crippen molar-refractivity contribution >= 4 is 5.57 Å². The molecule has 0 N–H and O–H groups in total. The second-order valence-corrected chi connectivity index (χ2v) is 10.2. The maximum absolute atomic E-state index is 4.56. The first-order valence-electron chi connectivity index (χ1n) is 11.4.